The zero-order chi connectivity index (χ0) is 18.7. The lowest BCUT2D eigenvalue weighted by atomic mass is 9.95. The van der Waals surface area contributed by atoms with Gasteiger partial charge in [-0.15, -0.1) is 0 Å². The van der Waals surface area contributed by atoms with E-state index in [1.54, 1.807) is 21.8 Å². The van der Waals surface area contributed by atoms with Crippen molar-refractivity contribution in [1.82, 2.24) is 14.7 Å². The number of piperidine rings is 1. The number of halogens is 1. The molecule has 1 aliphatic heterocycles. The third kappa shape index (κ3) is 3.92. The summed E-state index contributed by atoms with van der Waals surface area (Å²) in [5.41, 5.74) is 0.468. The van der Waals surface area contributed by atoms with Gasteiger partial charge in [-0.3, -0.25) is 9.59 Å². The molecule has 1 fully saturated rings. The summed E-state index contributed by atoms with van der Waals surface area (Å²) in [6, 6.07) is 7.49. The van der Waals surface area contributed by atoms with Gasteiger partial charge < -0.3 is 10.2 Å². The van der Waals surface area contributed by atoms with E-state index in [1.165, 1.54) is 24.3 Å². The molecule has 3 rings (SSSR count). The zero-order valence-corrected chi connectivity index (χ0v) is 15.0. The van der Waals surface area contributed by atoms with Gasteiger partial charge in [0.2, 0.25) is 5.91 Å². The van der Waals surface area contributed by atoms with E-state index in [0.717, 1.165) is 0 Å². The van der Waals surface area contributed by atoms with Crippen LogP contribution in [0.4, 0.5) is 10.2 Å². The third-order valence-corrected chi connectivity index (χ3v) is 4.65. The van der Waals surface area contributed by atoms with Gasteiger partial charge in [-0.05, 0) is 51.0 Å². The van der Waals surface area contributed by atoms with Crippen molar-refractivity contribution in [3.8, 4) is 0 Å². The maximum Gasteiger partial charge on any atom is 0.253 e. The molecule has 1 aromatic heterocycles. The average Bonchev–Trinajstić information content (AvgIpc) is 3.10. The molecule has 0 bridgehead atoms. The molecule has 2 heterocycles. The standard InChI is InChI=1S/C19H23FN4O2/c1-13(2)24-17(7-10-21-24)22-18(25)14-8-11-23(12-9-14)19(26)15-3-5-16(20)6-4-15/h3-7,10,13-14H,8-9,11-12H2,1-2H3,(H,22,25). The van der Waals surface area contributed by atoms with E-state index < -0.39 is 0 Å². The monoisotopic (exact) mass is 358 g/mol. The normalized spacial score (nSPS) is 15.3. The van der Waals surface area contributed by atoms with E-state index >= 15 is 0 Å². The predicted molar refractivity (Wildman–Crippen MR) is 96.3 cm³/mol. The predicted octanol–water partition coefficient (Wildman–Crippen LogP) is 3.09. The van der Waals surface area contributed by atoms with Gasteiger partial charge in [0.25, 0.3) is 5.91 Å². The minimum absolute atomic E-state index is 0.0405. The van der Waals surface area contributed by atoms with E-state index in [1.807, 2.05) is 13.8 Å². The van der Waals surface area contributed by atoms with Crippen molar-refractivity contribution in [2.24, 2.45) is 5.92 Å². The molecule has 0 atom stereocenters. The van der Waals surface area contributed by atoms with Crippen molar-refractivity contribution >= 4 is 17.6 Å². The van der Waals surface area contributed by atoms with Crippen LogP contribution in [0.5, 0.6) is 0 Å². The SMILES string of the molecule is CC(C)n1nccc1NC(=O)C1CCN(C(=O)c2ccc(F)cc2)CC1. The first kappa shape index (κ1) is 18.1. The van der Waals surface area contributed by atoms with Gasteiger partial charge in [0.05, 0.1) is 6.20 Å². The highest BCUT2D eigenvalue weighted by atomic mass is 19.1. The topological polar surface area (TPSA) is 67.2 Å². The zero-order valence-electron chi connectivity index (χ0n) is 15.0. The van der Waals surface area contributed by atoms with Crippen LogP contribution in [0.1, 0.15) is 43.1 Å². The van der Waals surface area contributed by atoms with Gasteiger partial charge in [0.15, 0.2) is 0 Å². The van der Waals surface area contributed by atoms with Crippen molar-refractivity contribution in [2.75, 3.05) is 18.4 Å². The Balaban J connectivity index is 1.56. The summed E-state index contributed by atoms with van der Waals surface area (Å²) in [5, 5.41) is 7.15. The van der Waals surface area contributed by atoms with Crippen molar-refractivity contribution in [2.45, 2.75) is 32.7 Å². The van der Waals surface area contributed by atoms with Gasteiger partial charge in [-0.1, -0.05) is 0 Å². The van der Waals surface area contributed by atoms with E-state index in [2.05, 4.69) is 10.4 Å². The number of carbonyl (C=O) groups is 2. The van der Waals surface area contributed by atoms with Crippen LogP contribution in [0.15, 0.2) is 36.5 Å². The molecule has 2 amide bonds. The summed E-state index contributed by atoms with van der Waals surface area (Å²) >= 11 is 0. The lowest BCUT2D eigenvalue weighted by molar-refractivity contribution is -0.121. The molecule has 26 heavy (non-hydrogen) atoms. The number of likely N-dealkylation sites (tertiary alicyclic amines) is 1. The molecule has 6 nitrogen and oxygen atoms in total. The van der Waals surface area contributed by atoms with Crippen molar-refractivity contribution in [3.63, 3.8) is 0 Å². The molecule has 7 heteroatoms. The highest BCUT2D eigenvalue weighted by Crippen LogP contribution is 2.22. The molecule has 0 unspecified atom stereocenters. The van der Waals surface area contributed by atoms with Crippen molar-refractivity contribution in [1.29, 1.82) is 0 Å². The van der Waals surface area contributed by atoms with Crippen LogP contribution in [0.3, 0.4) is 0 Å². The first-order valence-corrected chi connectivity index (χ1v) is 8.85. The molecule has 0 saturated carbocycles. The first-order chi connectivity index (χ1) is 12.5. The third-order valence-electron chi connectivity index (χ3n) is 4.65. The molecule has 0 spiro atoms. The second kappa shape index (κ2) is 7.68. The van der Waals surface area contributed by atoms with Gasteiger partial charge >= 0.3 is 0 Å². The molecule has 138 valence electrons. The Hall–Kier alpha value is -2.70. The summed E-state index contributed by atoms with van der Waals surface area (Å²) < 4.78 is 14.8. The Kier molecular flexibility index (Phi) is 5.35. The molecule has 0 aliphatic carbocycles. The van der Waals surface area contributed by atoms with E-state index in [4.69, 9.17) is 0 Å². The number of carbonyl (C=O) groups excluding carboxylic acids is 2. The highest BCUT2D eigenvalue weighted by molar-refractivity contribution is 5.95. The van der Waals surface area contributed by atoms with Crippen LogP contribution >= 0.6 is 0 Å². The van der Waals surface area contributed by atoms with Gasteiger partial charge in [0, 0.05) is 36.7 Å². The molecule has 1 N–H and O–H groups in total. The average molecular weight is 358 g/mol. The van der Waals surface area contributed by atoms with Crippen LogP contribution in [0, 0.1) is 11.7 Å². The molecular formula is C19H23FN4O2. The summed E-state index contributed by atoms with van der Waals surface area (Å²) in [5.74, 6) is 0.0261. The van der Waals surface area contributed by atoms with Crippen LogP contribution in [0.2, 0.25) is 0 Å². The van der Waals surface area contributed by atoms with Crippen LogP contribution in [-0.2, 0) is 4.79 Å². The summed E-state index contributed by atoms with van der Waals surface area (Å²) in [4.78, 5) is 26.7. The number of nitrogens with zero attached hydrogens (tertiary/aromatic N) is 3. The molecule has 1 aromatic carbocycles. The smallest absolute Gasteiger partial charge is 0.253 e. The fraction of sp³-hybridized carbons (Fsp3) is 0.421. The Morgan fingerprint density at radius 2 is 1.81 bits per heavy atom. The second-order valence-electron chi connectivity index (χ2n) is 6.82. The van der Waals surface area contributed by atoms with Crippen LogP contribution in [0.25, 0.3) is 0 Å². The number of benzene rings is 1. The maximum atomic E-state index is 13.0. The van der Waals surface area contributed by atoms with E-state index in [0.29, 0.717) is 37.3 Å². The Labute approximate surface area is 152 Å². The number of aromatic nitrogens is 2. The lowest BCUT2D eigenvalue weighted by Crippen LogP contribution is -2.41. The van der Waals surface area contributed by atoms with E-state index in [-0.39, 0.29) is 29.6 Å². The number of anilines is 1. The lowest BCUT2D eigenvalue weighted by Gasteiger charge is -2.31. The molecule has 1 saturated heterocycles. The Morgan fingerprint density at radius 1 is 1.15 bits per heavy atom. The number of rotatable bonds is 4. The number of amides is 2. The minimum Gasteiger partial charge on any atom is -0.339 e. The minimum atomic E-state index is -0.363. The molecule has 2 aromatic rings. The van der Waals surface area contributed by atoms with Crippen molar-refractivity contribution < 1.29 is 14.0 Å². The summed E-state index contributed by atoms with van der Waals surface area (Å²) in [6.07, 6.45) is 2.88. The molecule has 1 aliphatic rings. The fourth-order valence-electron chi connectivity index (χ4n) is 3.17. The molecule has 0 radical (unpaired) electrons. The highest BCUT2D eigenvalue weighted by Gasteiger charge is 2.28. The second-order valence-corrected chi connectivity index (χ2v) is 6.82. The van der Waals surface area contributed by atoms with E-state index in [9.17, 15) is 14.0 Å². The fourth-order valence-corrected chi connectivity index (χ4v) is 3.17. The first-order valence-electron chi connectivity index (χ1n) is 8.85. The maximum absolute atomic E-state index is 13.0. The van der Waals surface area contributed by atoms with Crippen molar-refractivity contribution in [3.05, 3.63) is 47.9 Å². The van der Waals surface area contributed by atoms with Gasteiger partial charge in [-0.25, -0.2) is 9.07 Å². The largest absolute Gasteiger partial charge is 0.339 e. The van der Waals surface area contributed by atoms with Gasteiger partial charge in [-0.2, -0.15) is 5.10 Å². The number of hydrogen-bond donors (Lipinski definition) is 1. The summed E-state index contributed by atoms with van der Waals surface area (Å²) in [7, 11) is 0. The van der Waals surface area contributed by atoms with Crippen LogP contribution < -0.4 is 5.32 Å². The molecular weight excluding hydrogens is 335 g/mol. The Morgan fingerprint density at radius 3 is 2.42 bits per heavy atom. The number of hydrogen-bond acceptors (Lipinski definition) is 3. The van der Waals surface area contributed by atoms with Crippen LogP contribution in [-0.4, -0.2) is 39.6 Å². The van der Waals surface area contributed by atoms with Gasteiger partial charge in [0.1, 0.15) is 11.6 Å². The quantitative estimate of drug-likeness (QED) is 0.913. The summed E-state index contributed by atoms with van der Waals surface area (Å²) in [6.45, 7) is 5.03. The number of nitrogens with one attached hydrogen (secondary N) is 1. The Bertz CT molecular complexity index is 777.